The Morgan fingerprint density at radius 2 is 1.95 bits per heavy atom. The summed E-state index contributed by atoms with van der Waals surface area (Å²) in [6.07, 6.45) is -3.70. The predicted molar refractivity (Wildman–Crippen MR) is 75.7 cm³/mol. The van der Waals surface area contributed by atoms with Gasteiger partial charge in [-0.25, -0.2) is 4.39 Å². The molecule has 0 saturated heterocycles. The number of nitrogens with one attached hydrogen (secondary N) is 1. The zero-order valence-electron chi connectivity index (χ0n) is 12.6. The molecule has 1 rings (SSSR count). The van der Waals surface area contributed by atoms with Gasteiger partial charge in [0.05, 0.1) is 6.54 Å². The molecule has 1 N–H and O–H groups in total. The largest absolute Gasteiger partial charge is 0.401 e. The van der Waals surface area contributed by atoms with Gasteiger partial charge in [-0.15, -0.1) is 0 Å². The van der Waals surface area contributed by atoms with Crippen LogP contribution in [0.25, 0.3) is 0 Å². The molecule has 0 fully saturated rings. The highest BCUT2D eigenvalue weighted by Gasteiger charge is 2.30. The first-order valence-corrected chi connectivity index (χ1v) is 6.99. The average Bonchev–Trinajstić information content (AvgIpc) is 2.40. The molecular formula is C15H22F4N2. The first-order valence-electron chi connectivity index (χ1n) is 6.99. The maximum atomic E-state index is 13.6. The number of aryl methyl sites for hydroxylation is 1. The van der Waals surface area contributed by atoms with Crippen LogP contribution in [0.2, 0.25) is 0 Å². The fourth-order valence-electron chi connectivity index (χ4n) is 2.22. The van der Waals surface area contributed by atoms with Crippen LogP contribution in [0.15, 0.2) is 18.2 Å². The number of benzene rings is 1. The summed E-state index contributed by atoms with van der Waals surface area (Å²) in [6, 6.07) is 4.76. The highest BCUT2D eigenvalue weighted by atomic mass is 19.4. The van der Waals surface area contributed by atoms with E-state index in [9.17, 15) is 17.6 Å². The van der Waals surface area contributed by atoms with Crippen molar-refractivity contribution in [2.75, 3.05) is 26.7 Å². The third-order valence-corrected chi connectivity index (χ3v) is 3.53. The van der Waals surface area contributed by atoms with E-state index in [1.165, 1.54) is 11.0 Å². The third kappa shape index (κ3) is 6.01. The number of alkyl halides is 3. The number of hydrogen-bond acceptors (Lipinski definition) is 2. The van der Waals surface area contributed by atoms with E-state index >= 15 is 0 Å². The molecule has 0 saturated carbocycles. The van der Waals surface area contributed by atoms with E-state index in [2.05, 4.69) is 5.32 Å². The third-order valence-electron chi connectivity index (χ3n) is 3.53. The summed E-state index contributed by atoms with van der Waals surface area (Å²) in [7, 11) is 1.72. The molecule has 1 aromatic rings. The van der Waals surface area contributed by atoms with Crippen LogP contribution in [-0.2, 0) is 0 Å². The van der Waals surface area contributed by atoms with Gasteiger partial charge in [-0.3, -0.25) is 4.90 Å². The first kappa shape index (κ1) is 17.9. The average molecular weight is 306 g/mol. The molecule has 0 aliphatic rings. The van der Waals surface area contributed by atoms with E-state index in [4.69, 9.17) is 0 Å². The van der Waals surface area contributed by atoms with Crippen LogP contribution in [0.1, 0.15) is 30.5 Å². The van der Waals surface area contributed by atoms with E-state index in [-0.39, 0.29) is 11.9 Å². The fraction of sp³-hybridized carbons (Fsp3) is 0.600. The molecular weight excluding hydrogens is 284 g/mol. The Balaban J connectivity index is 2.67. The van der Waals surface area contributed by atoms with Gasteiger partial charge in [0.1, 0.15) is 5.82 Å². The lowest BCUT2D eigenvalue weighted by Crippen LogP contribution is -2.36. The molecule has 1 unspecified atom stereocenters. The van der Waals surface area contributed by atoms with Gasteiger partial charge in [0.15, 0.2) is 0 Å². The van der Waals surface area contributed by atoms with Gasteiger partial charge in [0.25, 0.3) is 0 Å². The van der Waals surface area contributed by atoms with Crippen LogP contribution in [0.3, 0.4) is 0 Å². The second kappa shape index (κ2) is 7.75. The molecule has 120 valence electrons. The smallest absolute Gasteiger partial charge is 0.313 e. The topological polar surface area (TPSA) is 15.3 Å². The van der Waals surface area contributed by atoms with Crippen molar-refractivity contribution >= 4 is 0 Å². The number of nitrogens with zero attached hydrogens (tertiary/aromatic N) is 1. The number of rotatable bonds is 7. The summed E-state index contributed by atoms with van der Waals surface area (Å²) in [5, 5.41) is 3.03. The Bertz CT molecular complexity index is 446. The molecule has 0 heterocycles. The van der Waals surface area contributed by atoms with Crippen LogP contribution < -0.4 is 5.32 Å². The van der Waals surface area contributed by atoms with Crippen LogP contribution in [0, 0.1) is 12.7 Å². The van der Waals surface area contributed by atoms with Gasteiger partial charge >= 0.3 is 6.18 Å². The van der Waals surface area contributed by atoms with Gasteiger partial charge in [-0.05, 0) is 44.1 Å². The highest BCUT2D eigenvalue weighted by molar-refractivity contribution is 5.25. The minimum absolute atomic E-state index is 0.164. The fourth-order valence-corrected chi connectivity index (χ4v) is 2.22. The van der Waals surface area contributed by atoms with Gasteiger partial charge in [0.2, 0.25) is 0 Å². The lowest BCUT2D eigenvalue weighted by atomic mass is 10.0. The van der Waals surface area contributed by atoms with Crippen molar-refractivity contribution in [2.45, 2.75) is 32.5 Å². The quantitative estimate of drug-likeness (QED) is 0.773. The molecule has 0 amide bonds. The van der Waals surface area contributed by atoms with E-state index in [0.717, 1.165) is 5.56 Å². The zero-order valence-corrected chi connectivity index (χ0v) is 12.6. The first-order chi connectivity index (χ1) is 9.76. The molecule has 0 aliphatic heterocycles. The van der Waals surface area contributed by atoms with Crippen LogP contribution >= 0.6 is 0 Å². The van der Waals surface area contributed by atoms with Crippen LogP contribution in [-0.4, -0.2) is 37.8 Å². The van der Waals surface area contributed by atoms with Crippen molar-refractivity contribution in [2.24, 2.45) is 0 Å². The summed E-state index contributed by atoms with van der Waals surface area (Å²) < 4.78 is 50.8. The van der Waals surface area contributed by atoms with Crippen LogP contribution in [0.5, 0.6) is 0 Å². The molecule has 0 spiro atoms. The summed E-state index contributed by atoms with van der Waals surface area (Å²) in [5.74, 6) is -0.296. The Hall–Kier alpha value is -1.14. The second-order valence-electron chi connectivity index (χ2n) is 5.12. The van der Waals surface area contributed by atoms with E-state index < -0.39 is 12.7 Å². The lowest BCUT2D eigenvalue weighted by molar-refractivity contribution is -0.145. The molecule has 1 atom stereocenters. The Morgan fingerprint density at radius 3 is 2.43 bits per heavy atom. The molecule has 1 aromatic carbocycles. The Labute approximate surface area is 123 Å². The predicted octanol–water partition coefficient (Wildman–Crippen LogP) is 3.67. The minimum Gasteiger partial charge on any atom is -0.313 e. The van der Waals surface area contributed by atoms with Gasteiger partial charge in [0, 0.05) is 12.6 Å². The maximum absolute atomic E-state index is 13.6. The molecule has 21 heavy (non-hydrogen) atoms. The van der Waals surface area contributed by atoms with E-state index in [0.29, 0.717) is 25.1 Å². The Kier molecular flexibility index (Phi) is 6.61. The molecule has 0 radical (unpaired) electrons. The van der Waals surface area contributed by atoms with Crippen molar-refractivity contribution in [1.82, 2.24) is 10.2 Å². The molecule has 0 bridgehead atoms. The van der Waals surface area contributed by atoms with E-state index in [1.807, 2.05) is 0 Å². The second-order valence-corrected chi connectivity index (χ2v) is 5.12. The normalized spacial score (nSPS) is 13.7. The number of hydrogen-bond donors (Lipinski definition) is 1. The number of halogens is 4. The van der Waals surface area contributed by atoms with Crippen molar-refractivity contribution in [3.63, 3.8) is 0 Å². The minimum atomic E-state index is -4.19. The summed E-state index contributed by atoms with van der Waals surface area (Å²) in [5.41, 5.74) is 1.31. The maximum Gasteiger partial charge on any atom is 0.401 e. The summed E-state index contributed by atoms with van der Waals surface area (Å²) in [6.45, 7) is 3.10. The summed E-state index contributed by atoms with van der Waals surface area (Å²) >= 11 is 0. The monoisotopic (exact) mass is 306 g/mol. The lowest BCUT2D eigenvalue weighted by Gasteiger charge is -2.25. The van der Waals surface area contributed by atoms with Crippen LogP contribution in [0.4, 0.5) is 17.6 Å². The molecule has 6 heteroatoms. The van der Waals surface area contributed by atoms with Gasteiger partial charge in [-0.2, -0.15) is 13.2 Å². The molecule has 0 aromatic heterocycles. The standard InChI is InChI=1S/C15H22F4N2/c1-4-21(10-15(17,18)19)8-7-14(20-3)12-6-5-11(2)13(16)9-12/h5-6,9,14,20H,4,7-8,10H2,1-3H3. The SMILES string of the molecule is CCN(CCC(NC)c1ccc(C)c(F)c1)CC(F)(F)F. The molecule has 0 aliphatic carbocycles. The Morgan fingerprint density at radius 1 is 1.29 bits per heavy atom. The van der Waals surface area contributed by atoms with Gasteiger partial charge in [-0.1, -0.05) is 19.1 Å². The van der Waals surface area contributed by atoms with Crippen molar-refractivity contribution in [3.05, 3.63) is 35.1 Å². The molecule has 2 nitrogen and oxygen atoms in total. The summed E-state index contributed by atoms with van der Waals surface area (Å²) in [4.78, 5) is 1.34. The zero-order chi connectivity index (χ0) is 16.0. The van der Waals surface area contributed by atoms with Crippen molar-refractivity contribution < 1.29 is 17.6 Å². The van der Waals surface area contributed by atoms with Crippen molar-refractivity contribution in [3.8, 4) is 0 Å². The van der Waals surface area contributed by atoms with E-state index in [1.54, 1.807) is 33.0 Å². The van der Waals surface area contributed by atoms with Crippen molar-refractivity contribution in [1.29, 1.82) is 0 Å². The highest BCUT2D eigenvalue weighted by Crippen LogP contribution is 2.21. The van der Waals surface area contributed by atoms with Gasteiger partial charge < -0.3 is 5.32 Å².